The fourth-order valence-corrected chi connectivity index (χ4v) is 2.26. The van der Waals surface area contributed by atoms with Crippen molar-refractivity contribution in [3.05, 3.63) is 60.2 Å². The van der Waals surface area contributed by atoms with Gasteiger partial charge in [0.15, 0.2) is 0 Å². The molecular formula is C16H18ClN. The Kier molecular flexibility index (Phi) is 4.80. The van der Waals surface area contributed by atoms with Crippen LogP contribution < -0.4 is 0 Å². The second kappa shape index (κ2) is 6.58. The highest BCUT2D eigenvalue weighted by atomic mass is 35.5. The Morgan fingerprint density at radius 3 is 2.11 bits per heavy atom. The summed E-state index contributed by atoms with van der Waals surface area (Å²) in [6, 6.07) is 19.2. The van der Waals surface area contributed by atoms with Crippen LogP contribution in [0.2, 0.25) is 0 Å². The van der Waals surface area contributed by atoms with Gasteiger partial charge in [-0.3, -0.25) is 0 Å². The van der Waals surface area contributed by atoms with Gasteiger partial charge in [-0.05, 0) is 23.7 Å². The van der Waals surface area contributed by atoms with Gasteiger partial charge >= 0.3 is 0 Å². The largest absolute Gasteiger partial charge is 0.301 e. The van der Waals surface area contributed by atoms with Crippen LogP contribution in [0.5, 0.6) is 0 Å². The summed E-state index contributed by atoms with van der Waals surface area (Å²) in [5.74, 6) is 0.679. The molecule has 18 heavy (non-hydrogen) atoms. The fraction of sp³-hybridized carbons (Fsp3) is 0.250. The van der Waals surface area contributed by atoms with Gasteiger partial charge in [-0.1, -0.05) is 54.6 Å². The zero-order chi connectivity index (χ0) is 12.8. The molecule has 0 aromatic heterocycles. The van der Waals surface area contributed by atoms with Gasteiger partial charge in [-0.15, -0.1) is 11.6 Å². The first kappa shape index (κ1) is 13.1. The van der Waals surface area contributed by atoms with Crippen molar-refractivity contribution in [3.63, 3.8) is 0 Å². The number of benzene rings is 2. The van der Waals surface area contributed by atoms with Crippen LogP contribution in [-0.4, -0.2) is 24.4 Å². The number of hydrogen-bond acceptors (Lipinski definition) is 1. The Morgan fingerprint density at radius 2 is 1.50 bits per heavy atom. The molecule has 2 aromatic carbocycles. The Bertz CT molecular complexity index is 464. The molecular weight excluding hydrogens is 242 g/mol. The molecule has 0 aliphatic carbocycles. The topological polar surface area (TPSA) is 3.24 Å². The molecule has 0 saturated heterocycles. The highest BCUT2D eigenvalue weighted by Gasteiger charge is 2.00. The summed E-state index contributed by atoms with van der Waals surface area (Å²) in [5, 5.41) is 0. The predicted molar refractivity (Wildman–Crippen MR) is 78.9 cm³/mol. The van der Waals surface area contributed by atoms with E-state index in [1.54, 1.807) is 0 Å². The average Bonchev–Trinajstić information content (AvgIpc) is 2.41. The van der Waals surface area contributed by atoms with Gasteiger partial charge < -0.3 is 4.90 Å². The third-order valence-corrected chi connectivity index (χ3v) is 3.15. The summed E-state index contributed by atoms with van der Waals surface area (Å²) >= 11 is 5.73. The SMILES string of the molecule is CN(CCCl)Cc1ccc(-c2ccccc2)cc1. The lowest BCUT2D eigenvalue weighted by Crippen LogP contribution is -2.19. The molecule has 1 nitrogen and oxygen atoms in total. The molecule has 94 valence electrons. The standard InChI is InChI=1S/C16H18ClN/c1-18(12-11-17)13-14-7-9-16(10-8-14)15-5-3-2-4-6-15/h2-10H,11-13H2,1H3. The monoisotopic (exact) mass is 259 g/mol. The second-order valence-corrected chi connectivity index (χ2v) is 4.87. The molecule has 0 fully saturated rings. The summed E-state index contributed by atoms with van der Waals surface area (Å²) in [6.45, 7) is 1.86. The van der Waals surface area contributed by atoms with Crippen LogP contribution in [-0.2, 0) is 6.54 Å². The Balaban J connectivity index is 2.06. The maximum absolute atomic E-state index is 5.73. The van der Waals surface area contributed by atoms with Crippen LogP contribution in [0.1, 0.15) is 5.56 Å². The summed E-state index contributed by atoms with van der Waals surface area (Å²) in [5.41, 5.74) is 3.85. The third-order valence-electron chi connectivity index (χ3n) is 2.98. The molecule has 0 aliphatic heterocycles. The van der Waals surface area contributed by atoms with Gasteiger partial charge in [-0.2, -0.15) is 0 Å². The minimum atomic E-state index is 0.679. The molecule has 0 heterocycles. The van der Waals surface area contributed by atoms with Gasteiger partial charge in [0.05, 0.1) is 0 Å². The summed E-state index contributed by atoms with van der Waals surface area (Å²) in [6.07, 6.45) is 0. The zero-order valence-electron chi connectivity index (χ0n) is 10.6. The molecule has 0 atom stereocenters. The van der Waals surface area contributed by atoms with Gasteiger partial charge in [-0.25, -0.2) is 0 Å². The van der Waals surface area contributed by atoms with E-state index < -0.39 is 0 Å². The molecule has 0 bridgehead atoms. The molecule has 0 amide bonds. The maximum atomic E-state index is 5.73. The third kappa shape index (κ3) is 3.59. The first-order chi connectivity index (χ1) is 8.79. The average molecular weight is 260 g/mol. The summed E-state index contributed by atoms with van der Waals surface area (Å²) in [7, 11) is 2.09. The van der Waals surface area contributed by atoms with E-state index in [1.165, 1.54) is 16.7 Å². The Labute approximate surface area is 114 Å². The maximum Gasteiger partial charge on any atom is 0.0351 e. The van der Waals surface area contributed by atoms with Crippen molar-refractivity contribution in [2.75, 3.05) is 19.5 Å². The van der Waals surface area contributed by atoms with Crippen LogP contribution in [0.25, 0.3) is 11.1 Å². The molecule has 0 unspecified atom stereocenters. The molecule has 0 spiro atoms. The van der Waals surface area contributed by atoms with E-state index in [0.717, 1.165) is 13.1 Å². The number of rotatable bonds is 5. The lowest BCUT2D eigenvalue weighted by molar-refractivity contribution is 0.348. The summed E-state index contributed by atoms with van der Waals surface area (Å²) in [4.78, 5) is 2.23. The Hall–Kier alpha value is -1.31. The van der Waals surface area contributed by atoms with Crippen LogP contribution in [0.15, 0.2) is 54.6 Å². The van der Waals surface area contributed by atoms with E-state index in [-0.39, 0.29) is 0 Å². The van der Waals surface area contributed by atoms with Crippen LogP contribution >= 0.6 is 11.6 Å². The highest BCUT2D eigenvalue weighted by Crippen LogP contribution is 2.19. The van der Waals surface area contributed by atoms with E-state index >= 15 is 0 Å². The molecule has 0 saturated carbocycles. The van der Waals surface area contributed by atoms with E-state index in [9.17, 15) is 0 Å². The van der Waals surface area contributed by atoms with Gasteiger partial charge in [0, 0.05) is 19.0 Å². The lowest BCUT2D eigenvalue weighted by atomic mass is 10.0. The lowest BCUT2D eigenvalue weighted by Gasteiger charge is -2.15. The number of alkyl halides is 1. The minimum Gasteiger partial charge on any atom is -0.301 e. The van der Waals surface area contributed by atoms with Crippen molar-refractivity contribution >= 4 is 11.6 Å². The second-order valence-electron chi connectivity index (χ2n) is 4.49. The molecule has 0 aliphatic rings. The fourth-order valence-electron chi connectivity index (χ4n) is 1.97. The molecule has 2 aromatic rings. The van der Waals surface area contributed by atoms with Crippen LogP contribution in [0.4, 0.5) is 0 Å². The molecule has 2 heteroatoms. The predicted octanol–water partition coefficient (Wildman–Crippen LogP) is 4.02. The van der Waals surface area contributed by atoms with Gasteiger partial charge in [0.25, 0.3) is 0 Å². The van der Waals surface area contributed by atoms with Crippen molar-refractivity contribution in [1.82, 2.24) is 4.90 Å². The van der Waals surface area contributed by atoms with Crippen LogP contribution in [0, 0.1) is 0 Å². The van der Waals surface area contributed by atoms with Gasteiger partial charge in [0.1, 0.15) is 0 Å². The van der Waals surface area contributed by atoms with E-state index in [2.05, 4.69) is 60.5 Å². The molecule has 2 rings (SSSR count). The normalized spacial score (nSPS) is 10.8. The van der Waals surface area contributed by atoms with Crippen molar-refractivity contribution in [2.24, 2.45) is 0 Å². The highest BCUT2D eigenvalue weighted by molar-refractivity contribution is 6.18. The number of hydrogen-bond donors (Lipinski definition) is 0. The van der Waals surface area contributed by atoms with Crippen molar-refractivity contribution in [3.8, 4) is 11.1 Å². The minimum absolute atomic E-state index is 0.679. The Morgan fingerprint density at radius 1 is 0.889 bits per heavy atom. The summed E-state index contributed by atoms with van der Waals surface area (Å²) < 4.78 is 0. The van der Waals surface area contributed by atoms with Crippen molar-refractivity contribution in [1.29, 1.82) is 0 Å². The molecule has 0 N–H and O–H groups in total. The first-order valence-corrected chi connectivity index (χ1v) is 6.72. The quantitative estimate of drug-likeness (QED) is 0.733. The van der Waals surface area contributed by atoms with Crippen molar-refractivity contribution in [2.45, 2.75) is 6.54 Å². The van der Waals surface area contributed by atoms with E-state index in [4.69, 9.17) is 11.6 Å². The molecule has 0 radical (unpaired) electrons. The van der Waals surface area contributed by atoms with Crippen molar-refractivity contribution < 1.29 is 0 Å². The number of nitrogens with zero attached hydrogens (tertiary/aromatic N) is 1. The number of halogens is 1. The van der Waals surface area contributed by atoms with E-state index in [0.29, 0.717) is 5.88 Å². The smallest absolute Gasteiger partial charge is 0.0351 e. The van der Waals surface area contributed by atoms with Crippen LogP contribution in [0.3, 0.4) is 0 Å². The van der Waals surface area contributed by atoms with E-state index in [1.807, 2.05) is 6.07 Å². The first-order valence-electron chi connectivity index (χ1n) is 6.18. The zero-order valence-corrected chi connectivity index (χ0v) is 11.4. The van der Waals surface area contributed by atoms with Gasteiger partial charge in [0.2, 0.25) is 0 Å².